The van der Waals surface area contributed by atoms with Crippen LogP contribution in [0.4, 0.5) is 5.69 Å². The Morgan fingerprint density at radius 2 is 1.54 bits per heavy atom. The molecule has 0 bridgehead atoms. The summed E-state index contributed by atoms with van der Waals surface area (Å²) in [5.41, 5.74) is 1.26. The third kappa shape index (κ3) is 4.71. The van der Waals surface area contributed by atoms with E-state index in [0.717, 1.165) is 11.4 Å². The fourth-order valence-corrected chi connectivity index (χ4v) is 2.58. The molecule has 5 nitrogen and oxygen atoms in total. The van der Waals surface area contributed by atoms with E-state index in [2.05, 4.69) is 5.32 Å². The van der Waals surface area contributed by atoms with E-state index in [-0.39, 0.29) is 5.78 Å². The Morgan fingerprint density at radius 1 is 0.821 bits per heavy atom. The predicted molar refractivity (Wildman–Crippen MR) is 110 cm³/mol. The molecule has 1 N–H and O–H groups in total. The van der Waals surface area contributed by atoms with E-state index >= 15 is 0 Å². The highest BCUT2D eigenvalue weighted by Gasteiger charge is 2.09. The minimum Gasteiger partial charge on any atom is -0.493 e. The molecule has 0 heterocycles. The first kappa shape index (κ1) is 19.0. The highest BCUT2D eigenvalue weighted by molar-refractivity contribution is 6.05. The van der Waals surface area contributed by atoms with E-state index in [9.17, 15) is 4.79 Å². The molecule has 3 aromatic rings. The lowest BCUT2D eigenvalue weighted by atomic mass is 10.1. The maximum absolute atomic E-state index is 12.4. The summed E-state index contributed by atoms with van der Waals surface area (Å²) in [6.45, 7) is 0. The van der Waals surface area contributed by atoms with Crippen LogP contribution >= 0.6 is 0 Å². The molecule has 0 radical (unpaired) electrons. The second kappa shape index (κ2) is 9.28. The molecule has 5 heteroatoms. The number of allylic oxidation sites excluding steroid dienone is 1. The van der Waals surface area contributed by atoms with Gasteiger partial charge in [0.05, 0.1) is 19.9 Å². The van der Waals surface area contributed by atoms with Crippen molar-refractivity contribution in [1.29, 1.82) is 0 Å². The highest BCUT2D eigenvalue weighted by atomic mass is 16.5. The number of ketones is 1. The van der Waals surface area contributed by atoms with Crippen LogP contribution in [0.25, 0.3) is 0 Å². The van der Waals surface area contributed by atoms with Crippen molar-refractivity contribution in [1.82, 2.24) is 0 Å². The number of carbonyl (C=O) groups is 1. The molecule has 0 saturated carbocycles. The molecule has 0 fully saturated rings. The summed E-state index contributed by atoms with van der Waals surface area (Å²) in [4.78, 5) is 12.4. The monoisotopic (exact) mass is 375 g/mol. The number of anilines is 1. The van der Waals surface area contributed by atoms with E-state index in [4.69, 9.17) is 14.2 Å². The number of carbonyl (C=O) groups excluding carboxylic acids is 1. The van der Waals surface area contributed by atoms with Gasteiger partial charge in [-0.1, -0.05) is 30.3 Å². The van der Waals surface area contributed by atoms with Crippen molar-refractivity contribution >= 4 is 11.5 Å². The predicted octanol–water partition coefficient (Wildman–Crippen LogP) is 5.30. The average molecular weight is 375 g/mol. The minimum atomic E-state index is -0.157. The van der Waals surface area contributed by atoms with Crippen LogP contribution in [0, 0.1) is 0 Å². The molecule has 0 aliphatic heterocycles. The standard InChI is InChI=1S/C23H21NO4/c1-26-22-13-12-17(16-23(22)27-2)20(25)14-15-24-19-10-6-7-11-21(19)28-18-8-4-3-5-9-18/h3-16,24H,1-2H3/b15-14+. The number of benzene rings is 3. The zero-order valence-electron chi connectivity index (χ0n) is 15.7. The molecule has 0 atom stereocenters. The summed E-state index contributed by atoms with van der Waals surface area (Å²) in [6, 6.07) is 22.1. The van der Waals surface area contributed by atoms with E-state index < -0.39 is 0 Å². The number of rotatable bonds is 8. The Hall–Kier alpha value is -3.73. The molecular weight excluding hydrogens is 354 g/mol. The van der Waals surface area contributed by atoms with Crippen molar-refractivity contribution in [2.75, 3.05) is 19.5 Å². The van der Waals surface area contributed by atoms with Crippen LogP contribution in [0.3, 0.4) is 0 Å². The Kier molecular flexibility index (Phi) is 6.31. The first-order valence-corrected chi connectivity index (χ1v) is 8.72. The second-order valence-corrected chi connectivity index (χ2v) is 5.82. The van der Waals surface area contributed by atoms with Crippen molar-refractivity contribution < 1.29 is 19.0 Å². The molecule has 0 aromatic heterocycles. The van der Waals surface area contributed by atoms with Gasteiger partial charge in [0.1, 0.15) is 5.75 Å². The third-order valence-electron chi connectivity index (χ3n) is 4.00. The lowest BCUT2D eigenvalue weighted by Gasteiger charge is -2.10. The molecule has 0 amide bonds. The summed E-state index contributed by atoms with van der Waals surface area (Å²) in [6.07, 6.45) is 3.05. The zero-order valence-corrected chi connectivity index (χ0v) is 15.7. The minimum absolute atomic E-state index is 0.157. The van der Waals surface area contributed by atoms with Crippen LogP contribution in [0.15, 0.2) is 85.1 Å². The SMILES string of the molecule is COc1ccc(C(=O)/C=C/Nc2ccccc2Oc2ccccc2)cc1OC. The van der Waals surface area contributed by atoms with Gasteiger partial charge in [-0.15, -0.1) is 0 Å². The average Bonchev–Trinajstić information content (AvgIpc) is 2.75. The van der Waals surface area contributed by atoms with E-state index in [0.29, 0.717) is 22.8 Å². The van der Waals surface area contributed by atoms with E-state index in [1.165, 1.54) is 13.2 Å². The summed E-state index contributed by atoms with van der Waals surface area (Å²) in [5.74, 6) is 2.33. The number of nitrogens with one attached hydrogen (secondary N) is 1. The molecule has 0 saturated heterocycles. The zero-order chi connectivity index (χ0) is 19.8. The first-order chi connectivity index (χ1) is 13.7. The molecule has 0 spiro atoms. The van der Waals surface area contributed by atoms with Gasteiger partial charge in [-0.2, -0.15) is 0 Å². The Bertz CT molecular complexity index is 967. The maximum atomic E-state index is 12.4. The molecule has 0 aliphatic rings. The van der Waals surface area contributed by atoms with Gasteiger partial charge in [0.15, 0.2) is 23.0 Å². The van der Waals surface area contributed by atoms with Crippen molar-refractivity contribution in [3.8, 4) is 23.0 Å². The molecule has 0 unspecified atom stereocenters. The first-order valence-electron chi connectivity index (χ1n) is 8.72. The lowest BCUT2D eigenvalue weighted by Crippen LogP contribution is -1.99. The van der Waals surface area contributed by atoms with Crippen LogP contribution in [0.1, 0.15) is 10.4 Å². The Morgan fingerprint density at radius 3 is 2.29 bits per heavy atom. The molecule has 28 heavy (non-hydrogen) atoms. The van der Waals surface area contributed by atoms with Gasteiger partial charge in [-0.3, -0.25) is 4.79 Å². The fraction of sp³-hybridized carbons (Fsp3) is 0.0870. The number of hydrogen-bond acceptors (Lipinski definition) is 5. The molecule has 142 valence electrons. The van der Waals surface area contributed by atoms with E-state index in [1.807, 2.05) is 54.6 Å². The van der Waals surface area contributed by atoms with Crippen LogP contribution < -0.4 is 19.5 Å². The summed E-state index contributed by atoms with van der Waals surface area (Å²) >= 11 is 0. The maximum Gasteiger partial charge on any atom is 0.187 e. The van der Waals surface area contributed by atoms with Crippen molar-refractivity contribution in [2.45, 2.75) is 0 Å². The topological polar surface area (TPSA) is 56.8 Å². The molecule has 3 rings (SSSR count). The van der Waals surface area contributed by atoms with Gasteiger partial charge in [0, 0.05) is 17.8 Å². The smallest absolute Gasteiger partial charge is 0.187 e. The van der Waals surface area contributed by atoms with Gasteiger partial charge in [0.2, 0.25) is 0 Å². The fourth-order valence-electron chi connectivity index (χ4n) is 2.58. The quantitative estimate of drug-likeness (QED) is 0.427. The number of ether oxygens (including phenoxy) is 3. The van der Waals surface area contributed by atoms with Crippen LogP contribution in [-0.4, -0.2) is 20.0 Å². The normalized spacial score (nSPS) is 10.5. The molecule has 0 aliphatic carbocycles. The number of methoxy groups -OCH3 is 2. The van der Waals surface area contributed by atoms with Crippen LogP contribution in [0.5, 0.6) is 23.0 Å². The number of hydrogen-bond donors (Lipinski definition) is 1. The second-order valence-electron chi connectivity index (χ2n) is 5.82. The van der Waals surface area contributed by atoms with Crippen molar-refractivity contribution in [3.05, 3.63) is 90.6 Å². The van der Waals surface area contributed by atoms with Crippen LogP contribution in [0.2, 0.25) is 0 Å². The van der Waals surface area contributed by atoms with Crippen molar-refractivity contribution in [2.24, 2.45) is 0 Å². The largest absolute Gasteiger partial charge is 0.493 e. The summed E-state index contributed by atoms with van der Waals surface area (Å²) in [7, 11) is 3.09. The number of para-hydroxylation sites is 3. The van der Waals surface area contributed by atoms with Crippen LogP contribution in [-0.2, 0) is 0 Å². The summed E-state index contributed by atoms with van der Waals surface area (Å²) < 4.78 is 16.3. The summed E-state index contributed by atoms with van der Waals surface area (Å²) in [5, 5.41) is 3.10. The van der Waals surface area contributed by atoms with Crippen molar-refractivity contribution in [3.63, 3.8) is 0 Å². The van der Waals surface area contributed by atoms with Gasteiger partial charge >= 0.3 is 0 Å². The molecular formula is C23H21NO4. The van der Waals surface area contributed by atoms with E-state index in [1.54, 1.807) is 31.5 Å². The molecule has 3 aromatic carbocycles. The Balaban J connectivity index is 1.70. The Labute approximate surface area is 164 Å². The van der Waals surface area contributed by atoms with Gasteiger partial charge in [-0.25, -0.2) is 0 Å². The van der Waals surface area contributed by atoms with Gasteiger partial charge in [-0.05, 0) is 42.5 Å². The lowest BCUT2D eigenvalue weighted by molar-refractivity contribution is 0.104. The van der Waals surface area contributed by atoms with Gasteiger partial charge in [0.25, 0.3) is 0 Å². The van der Waals surface area contributed by atoms with Gasteiger partial charge < -0.3 is 19.5 Å². The third-order valence-corrected chi connectivity index (χ3v) is 4.00. The highest BCUT2D eigenvalue weighted by Crippen LogP contribution is 2.29.